The number of ether oxygens (including phenoxy) is 1. The van der Waals surface area contributed by atoms with Crippen LogP contribution >= 0.6 is 0 Å². The largest absolute Gasteiger partial charge is 0.474 e. The van der Waals surface area contributed by atoms with Crippen molar-refractivity contribution in [2.45, 2.75) is 42.7 Å². The number of sulfonamides is 1. The van der Waals surface area contributed by atoms with Crippen molar-refractivity contribution in [3.63, 3.8) is 0 Å². The van der Waals surface area contributed by atoms with Gasteiger partial charge in [-0.15, -0.1) is 0 Å². The predicted octanol–water partition coefficient (Wildman–Crippen LogP) is 2.90. The zero-order chi connectivity index (χ0) is 19.4. The highest BCUT2D eigenvalue weighted by molar-refractivity contribution is 7.89. The zero-order valence-corrected chi connectivity index (χ0v) is 15.0. The summed E-state index contributed by atoms with van der Waals surface area (Å²) in [4.78, 5) is 3.09. The molecule has 1 saturated carbocycles. The molecular weight excluding hydrogens is 376 g/mol. The van der Waals surface area contributed by atoms with Gasteiger partial charge in [-0.1, -0.05) is 6.07 Å². The smallest absolute Gasteiger partial charge is 0.246 e. The molecule has 0 amide bonds. The van der Waals surface area contributed by atoms with E-state index in [1.165, 1.54) is 6.20 Å². The molecule has 0 saturated heterocycles. The molecule has 9 heteroatoms. The number of nitrogens with one attached hydrogen (secondary N) is 1. The highest BCUT2D eigenvalue weighted by Crippen LogP contribution is 2.25. The van der Waals surface area contributed by atoms with Crippen LogP contribution in [-0.4, -0.2) is 25.5 Å². The third-order valence-corrected chi connectivity index (χ3v) is 5.91. The van der Waals surface area contributed by atoms with Crippen LogP contribution in [0.1, 0.15) is 31.2 Å². The molecule has 1 aromatic heterocycles. The van der Waals surface area contributed by atoms with Gasteiger partial charge in [0.15, 0.2) is 4.90 Å². The zero-order valence-electron chi connectivity index (χ0n) is 14.2. The lowest BCUT2D eigenvalue weighted by Gasteiger charge is -2.29. The van der Waals surface area contributed by atoms with Crippen LogP contribution in [-0.2, 0) is 10.0 Å². The lowest BCUT2D eigenvalue weighted by molar-refractivity contribution is 0.138. The van der Waals surface area contributed by atoms with E-state index in [0.29, 0.717) is 37.1 Å². The molecule has 0 unspecified atom stereocenters. The summed E-state index contributed by atoms with van der Waals surface area (Å²) in [5.41, 5.74) is 0.431. The lowest BCUT2D eigenvalue weighted by atomic mass is 9.94. The van der Waals surface area contributed by atoms with Gasteiger partial charge in [-0.3, -0.25) is 0 Å². The molecule has 1 heterocycles. The Balaban J connectivity index is 1.58. The summed E-state index contributed by atoms with van der Waals surface area (Å²) in [6.45, 7) is 0. The van der Waals surface area contributed by atoms with Gasteiger partial charge < -0.3 is 4.74 Å². The van der Waals surface area contributed by atoms with Gasteiger partial charge in [0.25, 0.3) is 0 Å². The number of benzene rings is 1. The maximum Gasteiger partial charge on any atom is 0.246 e. The van der Waals surface area contributed by atoms with Crippen molar-refractivity contribution in [1.29, 1.82) is 5.26 Å². The molecule has 3 rings (SSSR count). The van der Waals surface area contributed by atoms with Crippen molar-refractivity contribution in [1.82, 2.24) is 9.71 Å². The van der Waals surface area contributed by atoms with Crippen LogP contribution in [0.15, 0.2) is 41.4 Å². The average molecular weight is 393 g/mol. The molecule has 2 aromatic rings. The summed E-state index contributed by atoms with van der Waals surface area (Å²) < 4.78 is 60.3. The third kappa shape index (κ3) is 4.59. The molecule has 1 N–H and O–H groups in total. The van der Waals surface area contributed by atoms with Crippen molar-refractivity contribution in [3.8, 4) is 11.9 Å². The molecule has 1 fully saturated rings. The van der Waals surface area contributed by atoms with E-state index in [0.717, 1.165) is 18.2 Å². The summed E-state index contributed by atoms with van der Waals surface area (Å²) >= 11 is 0. The van der Waals surface area contributed by atoms with Gasteiger partial charge in [0, 0.05) is 18.3 Å². The third-order valence-electron chi connectivity index (χ3n) is 4.34. The second-order valence-electron chi connectivity index (χ2n) is 6.26. The molecular formula is C18H17F2N3O3S. The van der Waals surface area contributed by atoms with E-state index in [9.17, 15) is 17.2 Å². The highest BCUT2D eigenvalue weighted by atomic mass is 32.2. The summed E-state index contributed by atoms with van der Waals surface area (Å²) in [6, 6.07) is 7.68. The summed E-state index contributed by atoms with van der Waals surface area (Å²) in [6.07, 6.45) is 3.34. The van der Waals surface area contributed by atoms with Crippen molar-refractivity contribution >= 4 is 10.0 Å². The minimum absolute atomic E-state index is 0.142. The minimum Gasteiger partial charge on any atom is -0.474 e. The van der Waals surface area contributed by atoms with Crippen LogP contribution in [0.25, 0.3) is 0 Å². The Kier molecular flexibility index (Phi) is 5.68. The van der Waals surface area contributed by atoms with Crippen LogP contribution in [0, 0.1) is 23.0 Å². The minimum atomic E-state index is -4.29. The van der Waals surface area contributed by atoms with Gasteiger partial charge in [-0.05, 0) is 43.9 Å². The Labute approximate surface area is 155 Å². The van der Waals surface area contributed by atoms with Gasteiger partial charge in [-0.25, -0.2) is 26.9 Å². The maximum atomic E-state index is 13.8. The van der Waals surface area contributed by atoms with Crippen molar-refractivity contribution in [3.05, 3.63) is 53.7 Å². The molecule has 1 aliphatic carbocycles. The lowest BCUT2D eigenvalue weighted by Crippen LogP contribution is -2.40. The molecule has 1 aromatic carbocycles. The Bertz CT molecular complexity index is 931. The number of nitriles is 1. The topological polar surface area (TPSA) is 92.1 Å². The molecule has 0 radical (unpaired) electrons. The number of rotatable bonds is 5. The van der Waals surface area contributed by atoms with Crippen LogP contribution in [0.2, 0.25) is 0 Å². The van der Waals surface area contributed by atoms with E-state index in [4.69, 9.17) is 10.00 Å². The standard InChI is InChI=1S/C18H17F2N3O3S/c19-15-2-1-3-16(20)18(15)27(24,25)23-13-5-7-14(8-6-13)26-17-9-4-12(10-21)11-22-17/h1-4,9,11,13-14,23H,5-8H2. The first kappa shape index (κ1) is 19.2. The monoisotopic (exact) mass is 393 g/mol. The predicted molar refractivity (Wildman–Crippen MR) is 92.3 cm³/mol. The molecule has 0 aliphatic heterocycles. The molecule has 0 spiro atoms. The second-order valence-corrected chi connectivity index (χ2v) is 7.91. The summed E-state index contributed by atoms with van der Waals surface area (Å²) in [5.74, 6) is -1.84. The van der Waals surface area contributed by atoms with Gasteiger partial charge in [0.05, 0.1) is 5.56 Å². The number of pyridine rings is 1. The SMILES string of the molecule is N#Cc1ccc(OC2CCC(NS(=O)(=O)c3c(F)cccc3F)CC2)nc1. The fraction of sp³-hybridized carbons (Fsp3) is 0.333. The van der Waals surface area contributed by atoms with E-state index in [1.54, 1.807) is 12.1 Å². The number of hydrogen-bond acceptors (Lipinski definition) is 5. The second kappa shape index (κ2) is 7.98. The Morgan fingerprint density at radius 1 is 1.11 bits per heavy atom. The van der Waals surface area contributed by atoms with Crippen molar-refractivity contribution in [2.24, 2.45) is 0 Å². The van der Waals surface area contributed by atoms with Crippen LogP contribution in [0.3, 0.4) is 0 Å². The fourth-order valence-electron chi connectivity index (χ4n) is 3.00. The van der Waals surface area contributed by atoms with Gasteiger partial charge in [-0.2, -0.15) is 5.26 Å². The highest BCUT2D eigenvalue weighted by Gasteiger charge is 2.30. The average Bonchev–Trinajstić information content (AvgIpc) is 2.63. The number of hydrogen-bond donors (Lipinski definition) is 1. The Morgan fingerprint density at radius 3 is 2.33 bits per heavy atom. The number of halogens is 2. The first-order chi connectivity index (χ1) is 12.9. The Hall–Kier alpha value is -2.57. The van der Waals surface area contributed by atoms with Gasteiger partial charge in [0.1, 0.15) is 23.8 Å². The molecule has 0 bridgehead atoms. The summed E-state index contributed by atoms with van der Waals surface area (Å²) in [5, 5.41) is 8.75. The number of aromatic nitrogens is 1. The van der Waals surface area contributed by atoms with E-state index in [1.807, 2.05) is 6.07 Å². The quantitative estimate of drug-likeness (QED) is 0.843. The molecule has 6 nitrogen and oxygen atoms in total. The van der Waals surface area contributed by atoms with Crippen LogP contribution in [0.4, 0.5) is 8.78 Å². The van der Waals surface area contributed by atoms with Crippen molar-refractivity contribution < 1.29 is 21.9 Å². The maximum absolute atomic E-state index is 13.8. The van der Waals surface area contributed by atoms with Gasteiger partial charge in [0.2, 0.25) is 15.9 Å². The van der Waals surface area contributed by atoms with E-state index in [-0.39, 0.29) is 6.10 Å². The molecule has 0 atom stereocenters. The first-order valence-corrected chi connectivity index (χ1v) is 9.86. The first-order valence-electron chi connectivity index (χ1n) is 8.38. The Morgan fingerprint density at radius 2 is 1.78 bits per heavy atom. The molecule has 142 valence electrons. The van der Waals surface area contributed by atoms with Crippen LogP contribution in [0.5, 0.6) is 5.88 Å². The molecule has 1 aliphatic rings. The summed E-state index contributed by atoms with van der Waals surface area (Å²) in [7, 11) is -4.29. The molecule has 27 heavy (non-hydrogen) atoms. The van der Waals surface area contributed by atoms with E-state index < -0.39 is 32.6 Å². The number of nitrogens with zero attached hydrogens (tertiary/aromatic N) is 2. The van der Waals surface area contributed by atoms with E-state index in [2.05, 4.69) is 9.71 Å². The van der Waals surface area contributed by atoms with Crippen molar-refractivity contribution in [2.75, 3.05) is 0 Å². The van der Waals surface area contributed by atoms with Crippen LogP contribution < -0.4 is 9.46 Å². The normalized spacial score (nSPS) is 20.0. The van der Waals surface area contributed by atoms with E-state index >= 15 is 0 Å². The van der Waals surface area contributed by atoms with Gasteiger partial charge >= 0.3 is 0 Å². The fourth-order valence-corrected chi connectivity index (χ4v) is 4.44.